The average molecular weight is 1120 g/mol. The Kier molecular flexibility index (Phi) is 17.9. The Labute approximate surface area is 450 Å². The Morgan fingerprint density at radius 3 is 1.32 bits per heavy atom. The lowest BCUT2D eigenvalue weighted by molar-refractivity contribution is -0.129. The van der Waals surface area contributed by atoms with Crippen LogP contribution in [0.4, 0.5) is 10.3 Å². The van der Waals surface area contributed by atoms with E-state index < -0.39 is 30.1 Å². The third kappa shape index (κ3) is 14.1. The zero-order valence-electron chi connectivity index (χ0n) is 44.1. The van der Waals surface area contributed by atoms with E-state index in [1.165, 1.54) is 54.4 Å². The van der Waals surface area contributed by atoms with Crippen molar-refractivity contribution in [2.45, 2.75) is 107 Å². The Balaban J connectivity index is 0.000000219. The van der Waals surface area contributed by atoms with Gasteiger partial charge in [0.2, 0.25) is 36.0 Å². The van der Waals surface area contributed by atoms with Gasteiger partial charge in [0.25, 0.3) is 0 Å². The Hall–Kier alpha value is -5.46. The fraction of sp³-hybridized carbons (Fsp3) is 0.415. The first-order chi connectivity index (χ1) is 35.3. The number of nitrogens with zero attached hydrogens (tertiary/aromatic N) is 4. The third-order valence-corrected chi connectivity index (χ3v) is 20.0. The highest BCUT2D eigenvalue weighted by Gasteiger charge is 2.32. The van der Waals surface area contributed by atoms with Crippen molar-refractivity contribution in [1.29, 1.82) is 0 Å². The number of hydrogen-bond donors (Lipinski definition) is 4. The molecule has 2 aliphatic rings. The second-order valence-corrected chi connectivity index (χ2v) is 27.1. The highest BCUT2D eigenvalue weighted by molar-refractivity contribution is 7.90. The molecule has 0 spiro atoms. The fourth-order valence-electron chi connectivity index (χ4n) is 9.06. The summed E-state index contributed by atoms with van der Waals surface area (Å²) >= 11 is 2.95. The second kappa shape index (κ2) is 23.4. The highest BCUT2D eigenvalue weighted by atomic mass is 32.2. The first-order valence-electron chi connectivity index (χ1n) is 24.5. The van der Waals surface area contributed by atoms with Crippen molar-refractivity contribution >= 4 is 68.9 Å². The number of thiazole rings is 2. The van der Waals surface area contributed by atoms with Crippen LogP contribution >= 0.6 is 22.7 Å². The van der Waals surface area contributed by atoms with Gasteiger partial charge in [0.1, 0.15) is 21.3 Å². The molecular formula is C53H68N8O9S5. The third-order valence-electron chi connectivity index (χ3n) is 13.4. The van der Waals surface area contributed by atoms with E-state index in [0.717, 1.165) is 53.7 Å². The Morgan fingerprint density at radius 1 is 0.600 bits per heavy atom. The zero-order chi connectivity index (χ0) is 54.5. The lowest BCUT2D eigenvalue weighted by Crippen LogP contribution is -2.46. The van der Waals surface area contributed by atoms with Crippen molar-refractivity contribution in [2.75, 3.05) is 57.3 Å². The predicted octanol–water partition coefficient (Wildman–Crippen LogP) is 8.94. The molecule has 0 bridgehead atoms. The minimum Gasteiger partial charge on any atom is -0.495 e. The number of ether oxygens (including phenoxy) is 2. The monoisotopic (exact) mass is 1120 g/mol. The van der Waals surface area contributed by atoms with E-state index in [9.17, 15) is 30.0 Å². The number of carbonyl (C=O) groups excluding carboxylic acids is 1. The normalized spacial score (nSPS) is 15.5. The lowest BCUT2D eigenvalue weighted by atomic mass is 9.95. The van der Waals surface area contributed by atoms with Crippen molar-refractivity contribution in [1.82, 2.24) is 28.6 Å². The topological polar surface area (TPSA) is 218 Å². The summed E-state index contributed by atoms with van der Waals surface area (Å²) in [7, 11) is -8.18. The summed E-state index contributed by atoms with van der Waals surface area (Å²) in [5, 5.41) is 8.53. The minimum absolute atomic E-state index is 0.0108. The molecule has 75 heavy (non-hydrogen) atoms. The van der Waals surface area contributed by atoms with Gasteiger partial charge in [-0.15, -0.1) is 0 Å². The number of sulfonamides is 3. The number of carbonyl (C=O) groups is 1. The average Bonchev–Trinajstić information content (AvgIpc) is 3.93. The van der Waals surface area contributed by atoms with Crippen LogP contribution in [-0.2, 0) is 45.9 Å². The SMILES string of the molecule is COc1ccc(-c2sc(NC(C)(C)c3ccccc3)nc2C)cc1S(=O)(=O)NC1CCN(C(C)=O)CC1.COc1ccc(-c2sc(NC(C)(C)c3ccccc3)nc2C)cc1S(=O)(=O)NC1CCN(S(C)(=O)=O)CC1. The largest absolute Gasteiger partial charge is 0.495 e. The predicted molar refractivity (Wildman–Crippen MR) is 299 cm³/mol. The number of aromatic nitrogens is 2. The van der Waals surface area contributed by atoms with Crippen LogP contribution in [0.3, 0.4) is 0 Å². The van der Waals surface area contributed by atoms with E-state index in [-0.39, 0.29) is 63.4 Å². The van der Waals surface area contributed by atoms with Gasteiger partial charge < -0.3 is 25.0 Å². The van der Waals surface area contributed by atoms with Crippen LogP contribution in [0.2, 0.25) is 0 Å². The summed E-state index contributed by atoms with van der Waals surface area (Å²) in [6.45, 7) is 15.4. The molecule has 2 aromatic heterocycles. The number of nitrogens with one attached hydrogen (secondary N) is 4. The molecule has 8 rings (SSSR count). The maximum Gasteiger partial charge on any atom is 0.244 e. The van der Waals surface area contributed by atoms with E-state index in [1.807, 2.05) is 62.4 Å². The molecule has 2 saturated heterocycles. The molecule has 4 heterocycles. The molecule has 4 N–H and O–H groups in total. The highest BCUT2D eigenvalue weighted by Crippen LogP contribution is 2.40. The van der Waals surface area contributed by atoms with Gasteiger partial charge in [-0.25, -0.2) is 49.0 Å². The molecule has 0 saturated carbocycles. The summed E-state index contributed by atoms with van der Waals surface area (Å²) in [4.78, 5) is 24.7. The van der Waals surface area contributed by atoms with Crippen LogP contribution in [0.15, 0.2) is 107 Å². The molecule has 0 unspecified atom stereocenters. The number of anilines is 2. The minimum atomic E-state index is -3.93. The number of rotatable bonds is 17. The van der Waals surface area contributed by atoms with E-state index >= 15 is 0 Å². The number of piperidine rings is 2. The second-order valence-electron chi connectivity index (χ2n) is 19.8. The molecule has 2 fully saturated rings. The molecule has 6 aromatic rings. The molecule has 404 valence electrons. The van der Waals surface area contributed by atoms with Crippen LogP contribution in [-0.4, -0.2) is 109 Å². The van der Waals surface area contributed by atoms with E-state index in [2.05, 4.69) is 72.0 Å². The molecule has 22 heteroatoms. The van der Waals surface area contributed by atoms with Gasteiger partial charge in [0.15, 0.2) is 10.3 Å². The molecule has 0 radical (unpaired) electrons. The van der Waals surface area contributed by atoms with Crippen LogP contribution in [0, 0.1) is 13.8 Å². The smallest absolute Gasteiger partial charge is 0.244 e. The van der Waals surface area contributed by atoms with Crippen molar-refractivity contribution < 1.29 is 39.5 Å². The quantitative estimate of drug-likeness (QED) is 0.0671. The van der Waals surface area contributed by atoms with E-state index in [0.29, 0.717) is 38.8 Å². The van der Waals surface area contributed by atoms with Crippen LogP contribution in [0.1, 0.15) is 82.8 Å². The summed E-state index contributed by atoms with van der Waals surface area (Å²) in [5.74, 6) is 0.528. The van der Waals surface area contributed by atoms with E-state index in [4.69, 9.17) is 19.4 Å². The van der Waals surface area contributed by atoms with Gasteiger partial charge in [-0.05, 0) is 126 Å². The van der Waals surface area contributed by atoms with E-state index in [1.54, 1.807) is 29.2 Å². The first-order valence-corrected chi connectivity index (χ1v) is 31.0. The lowest BCUT2D eigenvalue weighted by Gasteiger charge is -2.31. The number of hydrogen-bond acceptors (Lipinski definition) is 15. The van der Waals surface area contributed by atoms with Gasteiger partial charge >= 0.3 is 0 Å². The summed E-state index contributed by atoms with van der Waals surface area (Å²) in [5.41, 5.74) is 4.66. The number of methoxy groups -OCH3 is 2. The number of aryl methyl sites for hydroxylation is 2. The zero-order valence-corrected chi connectivity index (χ0v) is 48.1. The molecule has 4 aromatic carbocycles. The number of likely N-dealkylation sites (tertiary alicyclic amines) is 1. The maximum absolute atomic E-state index is 13.4. The standard InChI is InChI=1S/C27H34N4O4S2.C26H34N4O5S3/c1-18-25(36-26(28-18)29-27(3,4)21-9-7-6-8-10-21)20-11-12-23(35-5)24(17-20)37(33,34)30-22-13-15-31(16-14-22)19(2)32;1-18-24(36-25(27-18)28-26(2,3)20-9-7-6-8-10-20)19-11-12-22(35-4)23(17-19)38(33,34)29-21-13-15-30(16-14-21)37(5,31)32/h6-12,17,22,30H,13-16H2,1-5H3,(H,28,29);6-12,17,21,29H,13-16H2,1-5H3,(H,27,28). The maximum atomic E-state index is 13.4. The van der Waals surface area contributed by atoms with Gasteiger partial charge in [0.05, 0.1) is 52.7 Å². The van der Waals surface area contributed by atoms with Crippen molar-refractivity contribution in [3.63, 3.8) is 0 Å². The number of benzene rings is 4. The molecule has 17 nitrogen and oxygen atoms in total. The van der Waals surface area contributed by atoms with Crippen LogP contribution < -0.4 is 29.6 Å². The van der Waals surface area contributed by atoms with Gasteiger partial charge in [-0.1, -0.05) is 83.3 Å². The molecule has 0 atom stereocenters. The molecule has 1 amide bonds. The number of amides is 1. The first kappa shape index (κ1) is 57.2. The van der Waals surface area contributed by atoms with Crippen LogP contribution in [0.5, 0.6) is 11.5 Å². The fourth-order valence-corrected chi connectivity index (χ4v) is 15.2. The molecule has 0 aliphatic carbocycles. The summed E-state index contributed by atoms with van der Waals surface area (Å²) in [6, 6.07) is 29.9. The van der Waals surface area contributed by atoms with Gasteiger partial charge in [0, 0.05) is 45.2 Å². The Bertz CT molecular complexity index is 3300. The van der Waals surface area contributed by atoms with Crippen molar-refractivity contribution in [2.24, 2.45) is 0 Å². The van der Waals surface area contributed by atoms with Crippen molar-refractivity contribution in [3.05, 3.63) is 120 Å². The molecular weight excluding hydrogens is 1050 g/mol. The molecule has 2 aliphatic heterocycles. The summed E-state index contributed by atoms with van der Waals surface area (Å²) in [6.07, 6.45) is 3.10. The Morgan fingerprint density at radius 2 is 0.973 bits per heavy atom. The van der Waals surface area contributed by atoms with Gasteiger partial charge in [-0.3, -0.25) is 4.79 Å². The van der Waals surface area contributed by atoms with Gasteiger partial charge in [-0.2, -0.15) is 0 Å². The van der Waals surface area contributed by atoms with Crippen LogP contribution in [0.25, 0.3) is 20.9 Å². The van der Waals surface area contributed by atoms with Crippen molar-refractivity contribution in [3.8, 4) is 32.4 Å². The summed E-state index contributed by atoms with van der Waals surface area (Å²) < 4.78 is 95.0.